The van der Waals surface area contributed by atoms with Gasteiger partial charge >= 0.3 is 0 Å². The van der Waals surface area contributed by atoms with Crippen LogP contribution in [0.3, 0.4) is 0 Å². The zero-order valence-corrected chi connectivity index (χ0v) is 12.2. The molecule has 0 atom stereocenters. The monoisotopic (exact) mass is 281 g/mol. The zero-order valence-electron chi connectivity index (χ0n) is 10.6. The molecule has 5 rings (SSSR count). The Morgan fingerprint density at radius 2 is 1.72 bits per heavy atom. The number of nitrogens with two attached hydrogens (primary N) is 1. The molecule has 1 aromatic rings. The van der Waals surface area contributed by atoms with E-state index in [4.69, 9.17) is 17.3 Å². The average Bonchev–Trinajstić information content (AvgIpc) is 2.69. The average molecular weight is 282 g/mol. The van der Waals surface area contributed by atoms with Crippen LogP contribution in [0.25, 0.3) is 0 Å². The van der Waals surface area contributed by atoms with Crippen LogP contribution in [0.4, 0.5) is 0 Å². The molecule has 1 heterocycles. The minimum Gasteiger partial charge on any atom is -0.326 e. The van der Waals surface area contributed by atoms with Gasteiger partial charge in [0.05, 0.1) is 4.34 Å². The van der Waals surface area contributed by atoms with Crippen LogP contribution >= 0.6 is 22.9 Å². The van der Waals surface area contributed by atoms with Gasteiger partial charge in [-0.3, -0.25) is 0 Å². The molecule has 98 valence electrons. The van der Waals surface area contributed by atoms with Gasteiger partial charge in [0.15, 0.2) is 0 Å². The van der Waals surface area contributed by atoms with E-state index in [2.05, 4.69) is 5.38 Å². The second-order valence-electron chi connectivity index (χ2n) is 6.80. The number of rotatable bonds is 2. The van der Waals surface area contributed by atoms with E-state index in [1.54, 1.807) is 11.3 Å². The lowest BCUT2D eigenvalue weighted by Gasteiger charge is -2.57. The highest BCUT2D eigenvalue weighted by atomic mass is 35.5. The summed E-state index contributed by atoms with van der Waals surface area (Å²) in [6, 6.07) is 0. The molecule has 4 saturated carbocycles. The Morgan fingerprint density at radius 3 is 2.22 bits per heavy atom. The number of halogens is 1. The van der Waals surface area contributed by atoms with Crippen LogP contribution in [-0.4, -0.2) is 0 Å². The Bertz CT molecular complexity index is 444. The van der Waals surface area contributed by atoms with Crippen molar-refractivity contribution in [3.05, 3.63) is 20.8 Å². The molecule has 4 aliphatic carbocycles. The minimum atomic E-state index is 0.451. The van der Waals surface area contributed by atoms with Gasteiger partial charge < -0.3 is 5.73 Å². The predicted octanol–water partition coefficient (Wildman–Crippen LogP) is 4.33. The Labute approximate surface area is 118 Å². The van der Waals surface area contributed by atoms with Crippen molar-refractivity contribution >= 4 is 22.9 Å². The quantitative estimate of drug-likeness (QED) is 0.858. The molecule has 1 aromatic heterocycles. The molecular formula is C15H20ClNS. The molecule has 2 N–H and O–H groups in total. The Hall–Kier alpha value is -0.0500. The largest absolute Gasteiger partial charge is 0.326 e. The van der Waals surface area contributed by atoms with Crippen molar-refractivity contribution in [3.63, 3.8) is 0 Å². The van der Waals surface area contributed by atoms with Crippen LogP contribution < -0.4 is 5.73 Å². The van der Waals surface area contributed by atoms with Crippen LogP contribution in [0.5, 0.6) is 0 Å². The molecule has 4 bridgehead atoms. The molecule has 0 radical (unpaired) electrons. The summed E-state index contributed by atoms with van der Waals surface area (Å²) in [6.07, 6.45) is 8.69. The van der Waals surface area contributed by atoms with Crippen LogP contribution in [0, 0.1) is 17.8 Å². The lowest BCUT2D eigenvalue weighted by Crippen LogP contribution is -2.48. The Kier molecular flexibility index (Phi) is 2.59. The van der Waals surface area contributed by atoms with Crippen LogP contribution in [0.1, 0.15) is 49.7 Å². The first-order valence-electron chi connectivity index (χ1n) is 7.16. The van der Waals surface area contributed by atoms with Gasteiger partial charge in [-0.15, -0.1) is 11.3 Å². The van der Waals surface area contributed by atoms with E-state index in [9.17, 15) is 0 Å². The van der Waals surface area contributed by atoms with E-state index < -0.39 is 0 Å². The summed E-state index contributed by atoms with van der Waals surface area (Å²) in [5, 5.41) is 2.32. The molecule has 4 aliphatic rings. The minimum absolute atomic E-state index is 0.451. The number of hydrogen-bond acceptors (Lipinski definition) is 2. The lowest BCUT2D eigenvalue weighted by molar-refractivity contribution is -0.00536. The fraction of sp³-hybridized carbons (Fsp3) is 0.733. The van der Waals surface area contributed by atoms with Gasteiger partial charge in [-0.25, -0.2) is 0 Å². The zero-order chi connectivity index (χ0) is 12.3. The topological polar surface area (TPSA) is 26.0 Å². The highest BCUT2D eigenvalue weighted by Gasteiger charge is 2.52. The molecule has 0 amide bonds. The fourth-order valence-corrected chi connectivity index (χ4v) is 6.70. The number of thiophene rings is 1. The third kappa shape index (κ3) is 1.55. The van der Waals surface area contributed by atoms with E-state index in [1.807, 2.05) is 0 Å². The van der Waals surface area contributed by atoms with Crippen LogP contribution in [0.15, 0.2) is 5.38 Å². The van der Waals surface area contributed by atoms with Crippen molar-refractivity contribution in [2.45, 2.75) is 50.5 Å². The first-order chi connectivity index (χ1) is 8.70. The predicted molar refractivity (Wildman–Crippen MR) is 77.1 cm³/mol. The summed E-state index contributed by atoms with van der Waals surface area (Å²) >= 11 is 8.01. The standard InChI is InChI=1S/C15H20ClNS/c16-14-12(7-17)13(8-18-14)15-4-9-1-10(5-15)3-11(2-9)6-15/h8-11H,1-7,17H2. The van der Waals surface area contributed by atoms with Gasteiger partial charge in [0.25, 0.3) is 0 Å². The van der Waals surface area contributed by atoms with Gasteiger partial charge in [0.2, 0.25) is 0 Å². The third-order valence-electron chi connectivity index (χ3n) is 5.66. The van der Waals surface area contributed by atoms with Gasteiger partial charge in [0.1, 0.15) is 0 Å². The van der Waals surface area contributed by atoms with Gasteiger partial charge in [-0.2, -0.15) is 0 Å². The number of hydrogen-bond donors (Lipinski definition) is 1. The smallest absolute Gasteiger partial charge is 0.0976 e. The highest BCUT2D eigenvalue weighted by molar-refractivity contribution is 7.14. The summed E-state index contributed by atoms with van der Waals surface area (Å²) in [7, 11) is 0. The molecule has 0 saturated heterocycles. The van der Waals surface area contributed by atoms with Crippen molar-refractivity contribution in [2.24, 2.45) is 23.5 Å². The molecule has 4 fully saturated rings. The van der Waals surface area contributed by atoms with Crippen molar-refractivity contribution in [1.29, 1.82) is 0 Å². The Balaban J connectivity index is 1.79. The molecule has 0 spiro atoms. The SMILES string of the molecule is NCc1c(C23CC4CC(CC(C4)C2)C3)csc1Cl. The van der Waals surface area contributed by atoms with Gasteiger partial charge in [-0.05, 0) is 78.2 Å². The third-order valence-corrected chi connectivity index (χ3v) is 6.96. The van der Waals surface area contributed by atoms with Crippen molar-refractivity contribution in [3.8, 4) is 0 Å². The maximum absolute atomic E-state index is 6.32. The molecule has 0 aliphatic heterocycles. The molecular weight excluding hydrogens is 262 g/mol. The van der Waals surface area contributed by atoms with E-state index in [0.717, 1.165) is 22.1 Å². The van der Waals surface area contributed by atoms with Crippen LogP contribution in [-0.2, 0) is 12.0 Å². The summed E-state index contributed by atoms with van der Waals surface area (Å²) in [4.78, 5) is 0. The van der Waals surface area contributed by atoms with Crippen molar-refractivity contribution < 1.29 is 0 Å². The molecule has 0 aromatic carbocycles. The van der Waals surface area contributed by atoms with E-state index in [0.29, 0.717) is 12.0 Å². The molecule has 0 unspecified atom stereocenters. The lowest BCUT2D eigenvalue weighted by atomic mass is 9.48. The molecule has 18 heavy (non-hydrogen) atoms. The summed E-state index contributed by atoms with van der Waals surface area (Å²) in [5.41, 5.74) is 9.17. The fourth-order valence-electron chi connectivity index (χ4n) is 5.43. The van der Waals surface area contributed by atoms with E-state index in [1.165, 1.54) is 49.7 Å². The Morgan fingerprint density at radius 1 is 1.17 bits per heavy atom. The van der Waals surface area contributed by atoms with Gasteiger partial charge in [-0.1, -0.05) is 11.6 Å². The summed E-state index contributed by atoms with van der Waals surface area (Å²) in [5.74, 6) is 2.96. The summed E-state index contributed by atoms with van der Waals surface area (Å²) < 4.78 is 0.934. The van der Waals surface area contributed by atoms with E-state index in [-0.39, 0.29) is 0 Å². The van der Waals surface area contributed by atoms with Crippen molar-refractivity contribution in [2.75, 3.05) is 0 Å². The molecule has 1 nitrogen and oxygen atoms in total. The highest BCUT2D eigenvalue weighted by Crippen LogP contribution is 2.61. The first kappa shape index (κ1) is 11.7. The summed E-state index contributed by atoms with van der Waals surface area (Å²) in [6.45, 7) is 0.611. The van der Waals surface area contributed by atoms with Crippen LogP contribution in [0.2, 0.25) is 4.34 Å². The molecule has 3 heteroatoms. The van der Waals surface area contributed by atoms with Gasteiger partial charge in [0, 0.05) is 6.54 Å². The maximum atomic E-state index is 6.32. The van der Waals surface area contributed by atoms with Crippen molar-refractivity contribution in [1.82, 2.24) is 0 Å². The normalized spacial score (nSPS) is 41.6. The van der Waals surface area contributed by atoms with E-state index >= 15 is 0 Å². The maximum Gasteiger partial charge on any atom is 0.0976 e. The second-order valence-corrected chi connectivity index (χ2v) is 8.29. The first-order valence-corrected chi connectivity index (χ1v) is 8.42. The second kappa shape index (κ2) is 3.97.